The van der Waals surface area contributed by atoms with E-state index in [9.17, 15) is 14.0 Å². The molecule has 184 valence electrons. The monoisotopic (exact) mass is 481 g/mol. The van der Waals surface area contributed by atoms with Crippen molar-refractivity contribution < 1.29 is 23.5 Å². The van der Waals surface area contributed by atoms with Crippen molar-refractivity contribution in [3.63, 3.8) is 0 Å². The lowest BCUT2D eigenvalue weighted by Crippen LogP contribution is -2.42. The fourth-order valence-electron chi connectivity index (χ4n) is 3.74. The van der Waals surface area contributed by atoms with E-state index in [0.717, 1.165) is 5.56 Å². The Kier molecular flexibility index (Phi) is 6.72. The number of carbonyl (C=O) groups excluding carboxylic acids is 2. The fourth-order valence-corrected chi connectivity index (χ4v) is 3.74. The minimum absolute atomic E-state index is 0.113. The van der Waals surface area contributed by atoms with Gasteiger partial charge in [0.1, 0.15) is 18.0 Å². The summed E-state index contributed by atoms with van der Waals surface area (Å²) in [6, 6.07) is 11.3. The molecule has 0 unspecified atom stereocenters. The third kappa shape index (κ3) is 5.59. The summed E-state index contributed by atoms with van der Waals surface area (Å²) in [6.45, 7) is 6.03. The molecule has 0 aliphatic carbocycles. The largest absolute Gasteiger partial charge is 0.481 e. The number of pyridine rings is 1. The predicted molar refractivity (Wildman–Crippen MR) is 128 cm³/mol. The van der Waals surface area contributed by atoms with Crippen molar-refractivity contribution in [1.82, 2.24) is 19.7 Å². The van der Waals surface area contributed by atoms with Crippen LogP contribution in [0.5, 0.6) is 5.88 Å². The summed E-state index contributed by atoms with van der Waals surface area (Å²) < 4.78 is 25.8. The molecule has 0 N–H and O–H groups in total. The quantitative estimate of drug-likeness (QED) is 0.558. The van der Waals surface area contributed by atoms with E-state index in [-0.39, 0.29) is 18.3 Å². The molecule has 0 atom stereocenters. The molecule has 4 rings (SSSR count). The Labute approximate surface area is 203 Å². The molecule has 1 aliphatic heterocycles. The minimum Gasteiger partial charge on any atom is -0.481 e. The molecule has 35 heavy (non-hydrogen) atoms. The highest BCUT2D eigenvalue weighted by molar-refractivity contribution is 5.96. The highest BCUT2D eigenvalue weighted by atomic mass is 19.1. The second kappa shape index (κ2) is 9.73. The fraction of sp³-hybridized carbons (Fsp3) is 0.360. The molecule has 0 bridgehead atoms. The number of aromatic nitrogens is 3. The molecule has 2 amide bonds. The van der Waals surface area contributed by atoms with Crippen molar-refractivity contribution in [3.05, 3.63) is 54.5 Å². The third-order valence-corrected chi connectivity index (χ3v) is 5.38. The molecule has 1 fully saturated rings. The van der Waals surface area contributed by atoms with Crippen LogP contribution in [0.25, 0.3) is 16.9 Å². The summed E-state index contributed by atoms with van der Waals surface area (Å²) in [6.07, 6.45) is 1.65. The Morgan fingerprint density at radius 3 is 2.46 bits per heavy atom. The van der Waals surface area contributed by atoms with Gasteiger partial charge in [0.05, 0.1) is 24.7 Å². The maximum absolute atomic E-state index is 13.6. The summed E-state index contributed by atoms with van der Waals surface area (Å²) in [7, 11) is 1.53. The Bertz CT molecular complexity index is 1200. The molecule has 0 radical (unpaired) electrons. The lowest BCUT2D eigenvalue weighted by Gasteiger charge is -2.25. The van der Waals surface area contributed by atoms with Crippen LogP contribution in [0.4, 0.5) is 15.0 Å². The van der Waals surface area contributed by atoms with Crippen molar-refractivity contribution in [2.75, 3.05) is 31.6 Å². The van der Waals surface area contributed by atoms with Crippen LogP contribution in [-0.2, 0) is 9.53 Å². The number of halogens is 1. The first kappa shape index (κ1) is 24.2. The Balaban J connectivity index is 1.67. The molecule has 1 aliphatic rings. The maximum Gasteiger partial charge on any atom is 0.410 e. The van der Waals surface area contributed by atoms with Crippen LogP contribution in [0.1, 0.15) is 27.2 Å². The second-order valence-corrected chi connectivity index (χ2v) is 9.17. The molecule has 10 heteroatoms. The second-order valence-electron chi connectivity index (χ2n) is 9.17. The Morgan fingerprint density at radius 2 is 1.83 bits per heavy atom. The molecule has 1 saturated heterocycles. The SMILES string of the molecule is COc1ccc(-n2nc(N3CCCN(C(=O)OC(C)(C)C)CC3=O)cc2-c2ccc(F)cc2)cn1. The highest BCUT2D eigenvalue weighted by Crippen LogP contribution is 2.29. The molecular formula is C25H28FN5O4. The first-order valence-electron chi connectivity index (χ1n) is 11.3. The zero-order valence-corrected chi connectivity index (χ0v) is 20.2. The van der Waals surface area contributed by atoms with Gasteiger partial charge in [-0.3, -0.25) is 14.6 Å². The van der Waals surface area contributed by atoms with Gasteiger partial charge in [-0.2, -0.15) is 0 Å². The van der Waals surface area contributed by atoms with E-state index in [2.05, 4.69) is 4.98 Å². The molecule has 3 aromatic rings. The molecular weight excluding hydrogens is 453 g/mol. The molecule has 1 aromatic carbocycles. The van der Waals surface area contributed by atoms with Gasteiger partial charge in [0.2, 0.25) is 11.8 Å². The van der Waals surface area contributed by atoms with E-state index in [1.165, 1.54) is 24.1 Å². The molecule has 0 saturated carbocycles. The van der Waals surface area contributed by atoms with Crippen molar-refractivity contribution in [2.45, 2.75) is 32.8 Å². The number of benzene rings is 1. The minimum atomic E-state index is -0.651. The summed E-state index contributed by atoms with van der Waals surface area (Å²) in [5, 5.41) is 4.69. The number of methoxy groups -OCH3 is 1. The normalized spacial score (nSPS) is 14.6. The smallest absolute Gasteiger partial charge is 0.410 e. The van der Waals surface area contributed by atoms with E-state index in [0.29, 0.717) is 42.6 Å². The van der Waals surface area contributed by atoms with Crippen LogP contribution in [-0.4, -0.2) is 64.0 Å². The van der Waals surface area contributed by atoms with Gasteiger partial charge in [0.25, 0.3) is 0 Å². The van der Waals surface area contributed by atoms with Crippen molar-refractivity contribution >= 4 is 17.8 Å². The van der Waals surface area contributed by atoms with Gasteiger partial charge in [-0.15, -0.1) is 5.10 Å². The van der Waals surface area contributed by atoms with Gasteiger partial charge in [0, 0.05) is 30.8 Å². The Hall–Kier alpha value is -3.95. The number of ether oxygens (including phenoxy) is 2. The third-order valence-electron chi connectivity index (χ3n) is 5.38. The van der Waals surface area contributed by atoms with Crippen LogP contribution in [0.2, 0.25) is 0 Å². The number of nitrogens with zero attached hydrogens (tertiary/aromatic N) is 5. The van der Waals surface area contributed by atoms with Crippen LogP contribution >= 0.6 is 0 Å². The van der Waals surface area contributed by atoms with Crippen LogP contribution in [0, 0.1) is 5.82 Å². The van der Waals surface area contributed by atoms with E-state index in [1.807, 2.05) is 0 Å². The van der Waals surface area contributed by atoms with Crippen LogP contribution < -0.4 is 9.64 Å². The summed E-state index contributed by atoms with van der Waals surface area (Å²) >= 11 is 0. The van der Waals surface area contributed by atoms with Crippen molar-refractivity contribution in [2.24, 2.45) is 0 Å². The van der Waals surface area contributed by atoms with Gasteiger partial charge < -0.3 is 9.47 Å². The van der Waals surface area contributed by atoms with E-state index >= 15 is 0 Å². The van der Waals surface area contributed by atoms with Crippen LogP contribution in [0.3, 0.4) is 0 Å². The van der Waals surface area contributed by atoms with Crippen molar-refractivity contribution in [1.29, 1.82) is 0 Å². The molecule has 3 heterocycles. The summed E-state index contributed by atoms with van der Waals surface area (Å²) in [4.78, 5) is 32.9. The van der Waals surface area contributed by atoms with Gasteiger partial charge in [-0.1, -0.05) is 0 Å². The lowest BCUT2D eigenvalue weighted by molar-refractivity contribution is -0.119. The Morgan fingerprint density at radius 1 is 1.09 bits per heavy atom. The van der Waals surface area contributed by atoms with E-state index in [4.69, 9.17) is 14.6 Å². The zero-order valence-electron chi connectivity index (χ0n) is 20.2. The zero-order chi connectivity index (χ0) is 25.2. The predicted octanol–water partition coefficient (Wildman–Crippen LogP) is 4.06. The van der Waals surface area contributed by atoms with Crippen LogP contribution in [0.15, 0.2) is 48.7 Å². The number of hydrogen-bond acceptors (Lipinski definition) is 6. The first-order chi connectivity index (χ1) is 16.6. The van der Waals surface area contributed by atoms with Gasteiger partial charge in [-0.25, -0.2) is 18.9 Å². The molecule has 2 aromatic heterocycles. The number of hydrogen-bond donors (Lipinski definition) is 0. The number of anilines is 1. The summed E-state index contributed by atoms with van der Waals surface area (Å²) in [5.41, 5.74) is 1.38. The van der Waals surface area contributed by atoms with Gasteiger partial charge >= 0.3 is 6.09 Å². The van der Waals surface area contributed by atoms with Gasteiger partial charge in [0.15, 0.2) is 5.82 Å². The van der Waals surface area contributed by atoms with E-state index in [1.54, 1.807) is 66.9 Å². The standard InChI is InChI=1S/C25H28FN5O4/c1-25(2,3)35-24(33)29-12-5-13-30(23(32)16-29)21-14-20(17-6-8-18(26)9-7-17)31(28-21)19-10-11-22(34-4)27-15-19/h6-11,14-15H,5,12-13,16H2,1-4H3. The van der Waals surface area contributed by atoms with Gasteiger partial charge in [-0.05, 0) is 57.5 Å². The molecule has 0 spiro atoms. The maximum atomic E-state index is 13.6. The lowest BCUT2D eigenvalue weighted by atomic mass is 10.1. The van der Waals surface area contributed by atoms with E-state index < -0.39 is 11.7 Å². The average molecular weight is 482 g/mol. The average Bonchev–Trinajstić information content (AvgIpc) is 3.15. The topological polar surface area (TPSA) is 89.8 Å². The molecule has 9 nitrogen and oxygen atoms in total. The number of rotatable bonds is 4. The highest BCUT2D eigenvalue weighted by Gasteiger charge is 2.30. The first-order valence-corrected chi connectivity index (χ1v) is 11.3. The number of amides is 2. The summed E-state index contributed by atoms with van der Waals surface area (Å²) in [5.74, 6) is 0.262. The number of carbonyl (C=O) groups is 2. The van der Waals surface area contributed by atoms with Crippen molar-refractivity contribution in [3.8, 4) is 22.8 Å².